The average Bonchev–Trinajstić information content (AvgIpc) is 3.27. The lowest BCUT2D eigenvalue weighted by Gasteiger charge is -2.24. The van der Waals surface area contributed by atoms with E-state index in [0.717, 1.165) is 29.1 Å². The number of sulfonamides is 1. The van der Waals surface area contributed by atoms with E-state index < -0.39 is 10.0 Å². The summed E-state index contributed by atoms with van der Waals surface area (Å²) >= 11 is 7.52. The molecular weight excluding hydrogens is 542 g/mol. The van der Waals surface area contributed by atoms with Crippen LogP contribution in [-0.2, 0) is 14.8 Å². The number of benzene rings is 2. The highest BCUT2D eigenvalue weighted by Crippen LogP contribution is 2.43. The fraction of sp³-hybridized carbons (Fsp3) is 0.250. The molecule has 0 spiro atoms. The number of ether oxygens (including phenoxy) is 2. The highest BCUT2D eigenvalue weighted by molar-refractivity contribution is 7.92. The molecule has 0 atom stereocenters. The molecule has 3 heterocycles. The molecule has 1 aliphatic heterocycles. The van der Waals surface area contributed by atoms with Crippen LogP contribution in [0.5, 0.6) is 5.75 Å². The van der Waals surface area contributed by atoms with E-state index in [9.17, 15) is 8.42 Å². The summed E-state index contributed by atoms with van der Waals surface area (Å²) in [5, 5.41) is 1.03. The second kappa shape index (κ2) is 11.3. The molecule has 0 radical (unpaired) electrons. The van der Waals surface area contributed by atoms with Gasteiger partial charge in [0.15, 0.2) is 0 Å². The summed E-state index contributed by atoms with van der Waals surface area (Å²) in [7, 11) is -2.30. The lowest BCUT2D eigenvalue weighted by atomic mass is 10.0. The van der Waals surface area contributed by atoms with E-state index in [1.807, 2.05) is 31.2 Å². The second-order valence-electron chi connectivity index (χ2n) is 8.78. The molecule has 0 saturated carbocycles. The molecule has 10 heteroatoms. The Kier molecular flexibility index (Phi) is 7.88. The van der Waals surface area contributed by atoms with Crippen LogP contribution in [-0.4, -0.2) is 58.3 Å². The number of rotatable bonds is 6. The lowest BCUT2D eigenvalue weighted by molar-refractivity contribution is 0.0443. The van der Waals surface area contributed by atoms with Crippen molar-refractivity contribution >= 4 is 48.9 Å². The Bertz CT molecular complexity index is 1650. The highest BCUT2D eigenvalue weighted by Gasteiger charge is 2.22. The van der Waals surface area contributed by atoms with E-state index in [0.29, 0.717) is 52.1 Å². The Morgan fingerprint density at radius 1 is 1.16 bits per heavy atom. The molecule has 1 aliphatic rings. The van der Waals surface area contributed by atoms with Gasteiger partial charge in [-0.1, -0.05) is 41.6 Å². The fourth-order valence-electron chi connectivity index (χ4n) is 4.27. The van der Waals surface area contributed by atoms with Gasteiger partial charge in [-0.05, 0) is 48.9 Å². The third kappa shape index (κ3) is 5.80. The maximum absolute atomic E-state index is 13.4. The topological polar surface area (TPSA) is 80.8 Å². The summed E-state index contributed by atoms with van der Waals surface area (Å²) in [6, 6.07) is 15.6. The van der Waals surface area contributed by atoms with E-state index >= 15 is 0 Å². The third-order valence-corrected chi connectivity index (χ3v) is 8.70. The van der Waals surface area contributed by atoms with Crippen molar-refractivity contribution in [3.05, 3.63) is 70.2 Å². The minimum Gasteiger partial charge on any atom is -0.497 e. The molecule has 1 fully saturated rings. The average molecular weight is 568 g/mol. The van der Waals surface area contributed by atoms with Crippen LogP contribution in [0.15, 0.2) is 59.5 Å². The number of aryl methyl sites for hydroxylation is 1. The van der Waals surface area contributed by atoms with Crippen molar-refractivity contribution in [2.24, 2.45) is 0 Å². The first-order valence-electron chi connectivity index (χ1n) is 12.0. The molecule has 0 amide bonds. The van der Waals surface area contributed by atoms with Crippen LogP contribution in [0.1, 0.15) is 10.6 Å². The monoisotopic (exact) mass is 567 g/mol. The van der Waals surface area contributed by atoms with Gasteiger partial charge in [-0.2, -0.15) is 0 Å². The second-order valence-corrected chi connectivity index (χ2v) is 11.9. The van der Waals surface area contributed by atoms with Crippen molar-refractivity contribution in [3.63, 3.8) is 0 Å². The van der Waals surface area contributed by atoms with Crippen LogP contribution in [0.2, 0.25) is 5.02 Å². The Hall–Kier alpha value is -3.13. The number of fused-ring (bicyclic) bond motifs is 1. The molecule has 0 unspecified atom stereocenters. The zero-order chi connectivity index (χ0) is 26.7. The van der Waals surface area contributed by atoms with Crippen molar-refractivity contribution in [2.75, 3.05) is 44.7 Å². The first-order valence-corrected chi connectivity index (χ1v) is 14.7. The largest absolute Gasteiger partial charge is 0.497 e. The summed E-state index contributed by atoms with van der Waals surface area (Å²) in [5.41, 5.74) is 2.80. The first-order chi connectivity index (χ1) is 18.3. The van der Waals surface area contributed by atoms with E-state index in [1.54, 1.807) is 25.3 Å². The number of hydrogen-bond donors (Lipinski definition) is 1. The number of halogens is 1. The molecule has 1 N–H and O–H groups in total. The fourth-order valence-corrected chi connectivity index (χ4v) is 6.78. The van der Waals surface area contributed by atoms with Gasteiger partial charge >= 0.3 is 0 Å². The van der Waals surface area contributed by atoms with Gasteiger partial charge in [0.1, 0.15) is 10.6 Å². The Morgan fingerprint density at radius 2 is 1.95 bits per heavy atom. The van der Waals surface area contributed by atoms with Crippen molar-refractivity contribution in [1.29, 1.82) is 0 Å². The van der Waals surface area contributed by atoms with Gasteiger partial charge in [0.25, 0.3) is 10.0 Å². The van der Waals surface area contributed by atoms with Gasteiger partial charge in [0.05, 0.1) is 42.3 Å². The number of aromatic nitrogens is 1. The van der Waals surface area contributed by atoms with Crippen molar-refractivity contribution in [1.82, 2.24) is 9.88 Å². The van der Waals surface area contributed by atoms with Crippen LogP contribution < -0.4 is 9.46 Å². The van der Waals surface area contributed by atoms with E-state index in [1.165, 1.54) is 23.5 Å². The summed E-state index contributed by atoms with van der Waals surface area (Å²) in [6.45, 7) is 5.57. The normalized spacial score (nSPS) is 14.2. The Morgan fingerprint density at radius 3 is 2.71 bits per heavy atom. The summed E-state index contributed by atoms with van der Waals surface area (Å²) < 4.78 is 40.4. The Balaban J connectivity index is 1.65. The van der Waals surface area contributed by atoms with Gasteiger partial charge < -0.3 is 9.47 Å². The van der Waals surface area contributed by atoms with Gasteiger partial charge in [0, 0.05) is 34.8 Å². The first kappa shape index (κ1) is 26.5. The molecule has 196 valence electrons. The van der Waals surface area contributed by atoms with Gasteiger partial charge in [-0.25, -0.2) is 13.4 Å². The summed E-state index contributed by atoms with van der Waals surface area (Å²) in [6.07, 6.45) is 0. The Labute approximate surface area is 231 Å². The smallest absolute Gasteiger partial charge is 0.261 e. The van der Waals surface area contributed by atoms with E-state index in [4.69, 9.17) is 26.1 Å². The number of anilines is 1. The number of nitrogens with zero attached hydrogens (tertiary/aromatic N) is 2. The van der Waals surface area contributed by atoms with Crippen molar-refractivity contribution in [2.45, 2.75) is 11.8 Å². The molecule has 2 aromatic heterocycles. The van der Waals surface area contributed by atoms with Crippen LogP contribution in [0, 0.1) is 18.8 Å². The molecule has 4 aromatic rings. The number of hydrogen-bond acceptors (Lipinski definition) is 7. The molecule has 0 aliphatic carbocycles. The lowest BCUT2D eigenvalue weighted by Crippen LogP contribution is -2.36. The van der Waals surface area contributed by atoms with Gasteiger partial charge in [-0.15, -0.1) is 11.3 Å². The zero-order valence-electron chi connectivity index (χ0n) is 21.0. The molecular formula is C28H26ClN3O4S2. The van der Waals surface area contributed by atoms with Crippen LogP contribution in [0.3, 0.4) is 0 Å². The standard InChI is InChI=1S/C28H26ClN3O4S2/c1-19-16-24(31-38(33,34)23-9-4-7-21(29)18-23)27-26(20-6-3-8-22(17-20)35-2)25(37-28(27)30-19)10-5-11-32-12-14-36-15-13-32/h3-4,6-9,16-18H,11-15H2,1-2H3,(H,30,31). The molecule has 1 saturated heterocycles. The quantitative estimate of drug-likeness (QED) is 0.313. The SMILES string of the molecule is COc1cccc(-c2c(C#CCN3CCOCC3)sc3nc(C)cc(NS(=O)(=O)c4cccc(Cl)c4)c23)c1. The van der Waals surface area contributed by atoms with Crippen LogP contribution in [0.25, 0.3) is 21.3 Å². The third-order valence-electron chi connectivity index (χ3n) is 6.11. The van der Waals surface area contributed by atoms with Crippen LogP contribution >= 0.6 is 22.9 Å². The number of thiophene rings is 1. The van der Waals surface area contributed by atoms with E-state index in [-0.39, 0.29) is 4.90 Å². The number of nitrogens with one attached hydrogen (secondary N) is 1. The predicted octanol–water partition coefficient (Wildman–Crippen LogP) is 5.42. The molecule has 38 heavy (non-hydrogen) atoms. The summed E-state index contributed by atoms with van der Waals surface area (Å²) in [5.74, 6) is 7.34. The maximum Gasteiger partial charge on any atom is 0.261 e. The predicted molar refractivity (Wildman–Crippen MR) is 153 cm³/mol. The van der Waals surface area contributed by atoms with Crippen molar-refractivity contribution in [3.8, 4) is 28.7 Å². The number of morpholine rings is 1. The number of pyridine rings is 1. The molecule has 2 aromatic carbocycles. The minimum absolute atomic E-state index is 0.0799. The summed E-state index contributed by atoms with van der Waals surface area (Å²) in [4.78, 5) is 8.57. The molecule has 0 bridgehead atoms. The molecule has 7 nitrogen and oxygen atoms in total. The minimum atomic E-state index is -3.91. The van der Waals surface area contributed by atoms with Crippen molar-refractivity contribution < 1.29 is 17.9 Å². The van der Waals surface area contributed by atoms with Gasteiger partial charge in [0.2, 0.25) is 0 Å². The number of methoxy groups -OCH3 is 1. The van der Waals surface area contributed by atoms with Gasteiger partial charge in [-0.3, -0.25) is 9.62 Å². The zero-order valence-corrected chi connectivity index (χ0v) is 23.3. The maximum atomic E-state index is 13.4. The highest BCUT2D eigenvalue weighted by atomic mass is 35.5. The van der Waals surface area contributed by atoms with E-state index in [2.05, 4.69) is 21.5 Å². The molecule has 5 rings (SSSR count). The van der Waals surface area contributed by atoms with Crippen LogP contribution in [0.4, 0.5) is 5.69 Å².